The van der Waals surface area contributed by atoms with Crippen LogP contribution in [0.4, 0.5) is 0 Å². The Balaban J connectivity index is 2.07. The second kappa shape index (κ2) is 4.52. The zero-order valence-corrected chi connectivity index (χ0v) is 11.0. The van der Waals surface area contributed by atoms with Gasteiger partial charge in [-0.2, -0.15) is 0 Å². The fraction of sp³-hybridized carbons (Fsp3) is 0.533. The summed E-state index contributed by atoms with van der Waals surface area (Å²) in [5, 5.41) is 0. The van der Waals surface area contributed by atoms with E-state index >= 15 is 0 Å². The molecule has 17 heavy (non-hydrogen) atoms. The molecule has 0 aliphatic carbocycles. The lowest BCUT2D eigenvalue weighted by Crippen LogP contribution is -2.41. The van der Waals surface area contributed by atoms with Gasteiger partial charge in [-0.25, -0.2) is 0 Å². The predicted octanol–water partition coefficient (Wildman–Crippen LogP) is 3.26. The second-order valence-electron chi connectivity index (χ2n) is 5.83. The summed E-state index contributed by atoms with van der Waals surface area (Å²) in [7, 11) is 0. The zero-order valence-electron chi connectivity index (χ0n) is 11.0. The fourth-order valence-corrected chi connectivity index (χ4v) is 2.28. The summed E-state index contributed by atoms with van der Waals surface area (Å²) in [6, 6.07) is 7.86. The molecule has 1 heterocycles. The van der Waals surface area contributed by atoms with Gasteiger partial charge >= 0.3 is 0 Å². The van der Waals surface area contributed by atoms with Crippen molar-refractivity contribution in [2.75, 3.05) is 13.1 Å². The Kier molecular flexibility index (Phi) is 3.23. The number of rotatable bonds is 1. The molecule has 1 aromatic rings. The number of piperidine rings is 1. The van der Waals surface area contributed by atoms with E-state index in [-0.39, 0.29) is 5.91 Å². The number of nitrogens with zero attached hydrogens (tertiary/aromatic N) is 1. The smallest absolute Gasteiger partial charge is 0.253 e. The molecule has 2 heteroatoms. The van der Waals surface area contributed by atoms with Gasteiger partial charge in [0.1, 0.15) is 0 Å². The molecule has 0 N–H and O–H groups in total. The molecule has 1 fully saturated rings. The standard InChI is InChI=1S/C15H21NO/c1-12-5-4-6-13(11-12)14(17)16-9-7-15(2,3)8-10-16/h4-6,11H,7-10H2,1-3H3. The third-order valence-electron chi connectivity index (χ3n) is 3.67. The van der Waals surface area contributed by atoms with Crippen molar-refractivity contribution in [3.8, 4) is 0 Å². The van der Waals surface area contributed by atoms with Crippen molar-refractivity contribution in [2.45, 2.75) is 33.6 Å². The summed E-state index contributed by atoms with van der Waals surface area (Å²) < 4.78 is 0. The topological polar surface area (TPSA) is 20.3 Å². The first-order valence-electron chi connectivity index (χ1n) is 6.34. The van der Waals surface area contributed by atoms with Gasteiger partial charge in [0, 0.05) is 18.7 Å². The van der Waals surface area contributed by atoms with E-state index in [2.05, 4.69) is 13.8 Å². The molecule has 0 bridgehead atoms. The van der Waals surface area contributed by atoms with Crippen LogP contribution in [0.25, 0.3) is 0 Å². The van der Waals surface area contributed by atoms with Crippen LogP contribution in [0.15, 0.2) is 24.3 Å². The number of hydrogen-bond acceptors (Lipinski definition) is 1. The van der Waals surface area contributed by atoms with Gasteiger partial charge in [0.05, 0.1) is 0 Å². The van der Waals surface area contributed by atoms with Crippen LogP contribution in [-0.2, 0) is 0 Å². The molecule has 0 atom stereocenters. The average molecular weight is 231 g/mol. The summed E-state index contributed by atoms with van der Waals surface area (Å²) in [5.74, 6) is 0.184. The minimum atomic E-state index is 0.184. The van der Waals surface area contributed by atoms with Crippen molar-refractivity contribution in [1.29, 1.82) is 0 Å². The number of amides is 1. The van der Waals surface area contributed by atoms with Gasteiger partial charge < -0.3 is 4.90 Å². The summed E-state index contributed by atoms with van der Waals surface area (Å²) in [5.41, 5.74) is 2.36. The Labute approximate surface area is 104 Å². The first kappa shape index (κ1) is 12.2. The zero-order chi connectivity index (χ0) is 12.5. The predicted molar refractivity (Wildman–Crippen MR) is 70.1 cm³/mol. The lowest BCUT2D eigenvalue weighted by atomic mass is 9.82. The normalized spacial score (nSPS) is 19.1. The van der Waals surface area contributed by atoms with E-state index in [1.165, 1.54) is 0 Å². The molecule has 92 valence electrons. The molecule has 2 rings (SSSR count). The van der Waals surface area contributed by atoms with Gasteiger partial charge in [-0.15, -0.1) is 0 Å². The maximum Gasteiger partial charge on any atom is 0.253 e. The highest BCUT2D eigenvalue weighted by Crippen LogP contribution is 2.30. The van der Waals surface area contributed by atoms with E-state index in [4.69, 9.17) is 0 Å². The van der Waals surface area contributed by atoms with E-state index in [0.717, 1.165) is 37.1 Å². The molecule has 0 spiro atoms. The van der Waals surface area contributed by atoms with Crippen LogP contribution in [0.5, 0.6) is 0 Å². The van der Waals surface area contributed by atoms with Gasteiger partial charge in [0.25, 0.3) is 5.91 Å². The lowest BCUT2D eigenvalue weighted by molar-refractivity contribution is 0.0630. The molecule has 0 aromatic heterocycles. The number of aryl methyl sites for hydroxylation is 1. The molecule has 1 amide bonds. The number of benzene rings is 1. The van der Waals surface area contributed by atoms with Crippen LogP contribution in [0.2, 0.25) is 0 Å². The van der Waals surface area contributed by atoms with Crippen molar-refractivity contribution < 1.29 is 4.79 Å². The molecule has 0 radical (unpaired) electrons. The number of likely N-dealkylation sites (tertiary alicyclic amines) is 1. The first-order valence-corrected chi connectivity index (χ1v) is 6.34. The monoisotopic (exact) mass is 231 g/mol. The number of hydrogen-bond donors (Lipinski definition) is 0. The summed E-state index contributed by atoms with van der Waals surface area (Å²) in [6.07, 6.45) is 2.20. The first-order chi connectivity index (χ1) is 7.98. The minimum absolute atomic E-state index is 0.184. The Morgan fingerprint density at radius 2 is 1.88 bits per heavy atom. The fourth-order valence-electron chi connectivity index (χ4n) is 2.28. The van der Waals surface area contributed by atoms with Gasteiger partial charge in [-0.1, -0.05) is 31.5 Å². The van der Waals surface area contributed by atoms with Crippen LogP contribution < -0.4 is 0 Å². The van der Waals surface area contributed by atoms with Gasteiger partial charge in [0.2, 0.25) is 0 Å². The van der Waals surface area contributed by atoms with E-state index in [9.17, 15) is 4.79 Å². The van der Waals surface area contributed by atoms with Crippen LogP contribution in [-0.4, -0.2) is 23.9 Å². The maximum atomic E-state index is 12.3. The molecule has 1 aromatic carbocycles. The largest absolute Gasteiger partial charge is 0.339 e. The Morgan fingerprint density at radius 1 is 1.24 bits per heavy atom. The third kappa shape index (κ3) is 2.87. The molecule has 1 aliphatic rings. The van der Waals surface area contributed by atoms with Crippen molar-refractivity contribution in [3.63, 3.8) is 0 Å². The van der Waals surface area contributed by atoms with Gasteiger partial charge in [-0.3, -0.25) is 4.79 Å². The summed E-state index contributed by atoms with van der Waals surface area (Å²) in [6.45, 7) is 8.36. The highest BCUT2D eigenvalue weighted by atomic mass is 16.2. The van der Waals surface area contributed by atoms with Crippen molar-refractivity contribution >= 4 is 5.91 Å². The van der Waals surface area contributed by atoms with Crippen molar-refractivity contribution in [3.05, 3.63) is 35.4 Å². The Hall–Kier alpha value is -1.31. The van der Waals surface area contributed by atoms with Crippen molar-refractivity contribution in [2.24, 2.45) is 5.41 Å². The SMILES string of the molecule is Cc1cccc(C(=O)N2CCC(C)(C)CC2)c1. The Bertz CT molecular complexity index is 413. The Morgan fingerprint density at radius 3 is 2.47 bits per heavy atom. The molecular formula is C15H21NO. The highest BCUT2D eigenvalue weighted by molar-refractivity contribution is 5.94. The molecule has 1 aliphatic heterocycles. The maximum absolute atomic E-state index is 12.3. The van der Waals surface area contributed by atoms with Gasteiger partial charge in [0.15, 0.2) is 0 Å². The number of carbonyl (C=O) groups excluding carboxylic acids is 1. The van der Waals surface area contributed by atoms with Crippen molar-refractivity contribution in [1.82, 2.24) is 4.90 Å². The van der Waals surface area contributed by atoms with Crippen LogP contribution in [0.3, 0.4) is 0 Å². The minimum Gasteiger partial charge on any atom is -0.339 e. The number of carbonyl (C=O) groups is 1. The van der Waals surface area contributed by atoms with Crippen LogP contribution in [0.1, 0.15) is 42.6 Å². The molecule has 2 nitrogen and oxygen atoms in total. The molecule has 0 unspecified atom stereocenters. The van der Waals surface area contributed by atoms with E-state index in [1.54, 1.807) is 0 Å². The second-order valence-corrected chi connectivity index (χ2v) is 5.83. The summed E-state index contributed by atoms with van der Waals surface area (Å²) >= 11 is 0. The molecule has 1 saturated heterocycles. The third-order valence-corrected chi connectivity index (χ3v) is 3.67. The van der Waals surface area contributed by atoms with E-state index < -0.39 is 0 Å². The molecular weight excluding hydrogens is 210 g/mol. The highest BCUT2D eigenvalue weighted by Gasteiger charge is 2.28. The quantitative estimate of drug-likeness (QED) is 0.726. The van der Waals surface area contributed by atoms with Crippen LogP contribution >= 0.6 is 0 Å². The lowest BCUT2D eigenvalue weighted by Gasteiger charge is -2.37. The van der Waals surface area contributed by atoms with E-state index in [0.29, 0.717) is 5.41 Å². The molecule has 0 saturated carbocycles. The average Bonchev–Trinajstić information content (AvgIpc) is 2.28. The van der Waals surface area contributed by atoms with Crippen LogP contribution in [0, 0.1) is 12.3 Å². The van der Waals surface area contributed by atoms with Gasteiger partial charge in [-0.05, 0) is 37.3 Å². The van der Waals surface area contributed by atoms with E-state index in [1.807, 2.05) is 36.1 Å². The summed E-state index contributed by atoms with van der Waals surface area (Å²) in [4.78, 5) is 14.3.